The molecule has 0 unspecified atom stereocenters. The normalized spacial score (nSPS) is 10.0. The predicted molar refractivity (Wildman–Crippen MR) is 88.4 cm³/mol. The zero-order chi connectivity index (χ0) is 15.8. The first-order valence-electron chi connectivity index (χ1n) is 7.35. The Bertz CT molecular complexity index is 621. The lowest BCUT2D eigenvalue weighted by Gasteiger charge is -2.07. The van der Waals surface area contributed by atoms with Crippen LogP contribution in [-0.2, 0) is 9.59 Å². The molecule has 0 fully saturated rings. The lowest BCUT2D eigenvalue weighted by molar-refractivity contribution is -0.119. The van der Waals surface area contributed by atoms with Crippen LogP contribution in [-0.4, -0.2) is 18.4 Å². The minimum atomic E-state index is -0.0723. The van der Waals surface area contributed by atoms with E-state index in [4.69, 9.17) is 0 Å². The molecule has 2 aromatic rings. The summed E-state index contributed by atoms with van der Waals surface area (Å²) in [5.74, 6) is -0.116. The SMILES string of the molecule is CC(=O)NCCCC(=O)Nc1ccc(-c2ccccc2)cc1. The molecule has 0 atom stereocenters. The largest absolute Gasteiger partial charge is 0.356 e. The molecule has 2 rings (SSSR count). The third kappa shape index (κ3) is 5.05. The Morgan fingerprint density at radius 2 is 1.55 bits per heavy atom. The number of anilines is 1. The van der Waals surface area contributed by atoms with Gasteiger partial charge in [-0.15, -0.1) is 0 Å². The third-order valence-electron chi connectivity index (χ3n) is 3.23. The van der Waals surface area contributed by atoms with E-state index in [0.717, 1.165) is 16.8 Å². The first-order valence-corrected chi connectivity index (χ1v) is 7.35. The fourth-order valence-electron chi connectivity index (χ4n) is 2.11. The highest BCUT2D eigenvalue weighted by molar-refractivity contribution is 5.91. The van der Waals surface area contributed by atoms with Crippen LogP contribution in [0.15, 0.2) is 54.6 Å². The number of rotatable bonds is 6. The summed E-state index contributed by atoms with van der Waals surface area (Å²) in [5, 5.41) is 5.53. The minimum Gasteiger partial charge on any atom is -0.356 e. The molecule has 2 aromatic carbocycles. The van der Waals surface area contributed by atoms with Crippen LogP contribution >= 0.6 is 0 Å². The van der Waals surface area contributed by atoms with Gasteiger partial charge in [0.05, 0.1) is 0 Å². The predicted octanol–water partition coefficient (Wildman–Crippen LogP) is 3.21. The molecule has 22 heavy (non-hydrogen) atoms. The van der Waals surface area contributed by atoms with E-state index in [1.807, 2.05) is 42.5 Å². The van der Waals surface area contributed by atoms with E-state index in [2.05, 4.69) is 22.8 Å². The smallest absolute Gasteiger partial charge is 0.224 e. The van der Waals surface area contributed by atoms with Gasteiger partial charge in [0.25, 0.3) is 0 Å². The van der Waals surface area contributed by atoms with Crippen LogP contribution in [0.25, 0.3) is 11.1 Å². The molecule has 0 aliphatic rings. The molecule has 4 nitrogen and oxygen atoms in total. The van der Waals surface area contributed by atoms with Gasteiger partial charge in [-0.2, -0.15) is 0 Å². The van der Waals surface area contributed by atoms with Crippen molar-refractivity contribution >= 4 is 17.5 Å². The minimum absolute atomic E-state index is 0.0437. The molecule has 2 N–H and O–H groups in total. The lowest BCUT2D eigenvalue weighted by Crippen LogP contribution is -2.22. The summed E-state index contributed by atoms with van der Waals surface area (Å²) in [6, 6.07) is 17.9. The van der Waals surface area contributed by atoms with E-state index in [1.54, 1.807) is 0 Å². The highest BCUT2D eigenvalue weighted by Crippen LogP contribution is 2.21. The molecule has 0 bridgehead atoms. The zero-order valence-corrected chi connectivity index (χ0v) is 12.6. The van der Waals surface area contributed by atoms with Crippen molar-refractivity contribution in [1.82, 2.24) is 5.32 Å². The Morgan fingerprint density at radius 1 is 0.909 bits per heavy atom. The Morgan fingerprint density at radius 3 is 2.18 bits per heavy atom. The maximum absolute atomic E-state index is 11.8. The summed E-state index contributed by atoms with van der Waals surface area (Å²) in [6.07, 6.45) is 1.02. The highest BCUT2D eigenvalue weighted by Gasteiger charge is 2.03. The Labute approximate surface area is 130 Å². The van der Waals surface area contributed by atoms with Crippen LogP contribution in [0.2, 0.25) is 0 Å². The number of nitrogens with one attached hydrogen (secondary N) is 2. The molecular formula is C18H20N2O2. The number of benzene rings is 2. The van der Waals surface area contributed by atoms with Gasteiger partial charge in [-0.3, -0.25) is 9.59 Å². The maximum Gasteiger partial charge on any atom is 0.224 e. The zero-order valence-electron chi connectivity index (χ0n) is 12.6. The number of amides is 2. The maximum atomic E-state index is 11.8. The van der Waals surface area contributed by atoms with Crippen LogP contribution in [0.1, 0.15) is 19.8 Å². The highest BCUT2D eigenvalue weighted by atomic mass is 16.2. The van der Waals surface area contributed by atoms with Gasteiger partial charge in [0.15, 0.2) is 0 Å². The molecule has 0 aliphatic heterocycles. The third-order valence-corrected chi connectivity index (χ3v) is 3.23. The first-order chi connectivity index (χ1) is 10.6. The fraction of sp³-hybridized carbons (Fsp3) is 0.222. The van der Waals surface area contributed by atoms with Crippen molar-refractivity contribution in [1.29, 1.82) is 0 Å². The quantitative estimate of drug-likeness (QED) is 0.804. The second-order valence-electron chi connectivity index (χ2n) is 5.08. The summed E-state index contributed by atoms with van der Waals surface area (Å²) in [6.45, 7) is 1.99. The molecule has 0 aromatic heterocycles. The second kappa shape index (κ2) is 7.98. The van der Waals surface area contributed by atoms with Crippen molar-refractivity contribution in [2.24, 2.45) is 0 Å². The molecule has 0 saturated heterocycles. The van der Waals surface area contributed by atoms with Crippen LogP contribution in [0.4, 0.5) is 5.69 Å². The Kier molecular flexibility index (Phi) is 5.72. The lowest BCUT2D eigenvalue weighted by atomic mass is 10.1. The monoisotopic (exact) mass is 296 g/mol. The van der Waals surface area contributed by atoms with E-state index >= 15 is 0 Å². The Balaban J connectivity index is 1.83. The second-order valence-corrected chi connectivity index (χ2v) is 5.08. The van der Waals surface area contributed by atoms with E-state index in [1.165, 1.54) is 6.92 Å². The van der Waals surface area contributed by atoms with Crippen molar-refractivity contribution in [3.8, 4) is 11.1 Å². The molecular weight excluding hydrogens is 276 g/mol. The van der Waals surface area contributed by atoms with Crippen molar-refractivity contribution in [2.75, 3.05) is 11.9 Å². The van der Waals surface area contributed by atoms with Gasteiger partial charge >= 0.3 is 0 Å². The van der Waals surface area contributed by atoms with Crippen LogP contribution in [0, 0.1) is 0 Å². The first kappa shape index (κ1) is 15.8. The number of hydrogen-bond donors (Lipinski definition) is 2. The summed E-state index contributed by atoms with van der Waals surface area (Å²) >= 11 is 0. The number of hydrogen-bond acceptors (Lipinski definition) is 2. The molecule has 114 valence electrons. The van der Waals surface area contributed by atoms with Crippen LogP contribution in [0.3, 0.4) is 0 Å². The van der Waals surface area contributed by atoms with Crippen molar-refractivity contribution in [3.05, 3.63) is 54.6 Å². The molecule has 0 heterocycles. The van der Waals surface area contributed by atoms with Gasteiger partial charge in [-0.05, 0) is 29.7 Å². The molecule has 2 amide bonds. The van der Waals surface area contributed by atoms with Crippen molar-refractivity contribution in [2.45, 2.75) is 19.8 Å². The summed E-state index contributed by atoms with van der Waals surface area (Å²) in [7, 11) is 0. The topological polar surface area (TPSA) is 58.2 Å². The van der Waals surface area contributed by atoms with Gasteiger partial charge in [0.1, 0.15) is 0 Å². The molecule has 0 aliphatic carbocycles. The average Bonchev–Trinajstić information content (AvgIpc) is 2.53. The number of carbonyl (C=O) groups excluding carboxylic acids is 2. The molecule has 0 saturated carbocycles. The van der Waals surface area contributed by atoms with E-state index in [-0.39, 0.29) is 11.8 Å². The van der Waals surface area contributed by atoms with Crippen LogP contribution < -0.4 is 10.6 Å². The van der Waals surface area contributed by atoms with E-state index in [0.29, 0.717) is 19.4 Å². The summed E-state index contributed by atoms with van der Waals surface area (Å²) in [5.41, 5.74) is 3.05. The van der Waals surface area contributed by atoms with Gasteiger partial charge < -0.3 is 10.6 Å². The van der Waals surface area contributed by atoms with Crippen molar-refractivity contribution in [3.63, 3.8) is 0 Å². The van der Waals surface area contributed by atoms with Gasteiger partial charge in [0, 0.05) is 25.6 Å². The molecule has 0 spiro atoms. The fourth-order valence-corrected chi connectivity index (χ4v) is 2.11. The number of carbonyl (C=O) groups is 2. The van der Waals surface area contributed by atoms with Gasteiger partial charge in [0.2, 0.25) is 11.8 Å². The van der Waals surface area contributed by atoms with Crippen molar-refractivity contribution < 1.29 is 9.59 Å². The molecule has 0 radical (unpaired) electrons. The van der Waals surface area contributed by atoms with Gasteiger partial charge in [-0.1, -0.05) is 42.5 Å². The van der Waals surface area contributed by atoms with Gasteiger partial charge in [-0.25, -0.2) is 0 Å². The standard InChI is InChI=1S/C18H20N2O2/c1-14(21)19-13-5-8-18(22)20-17-11-9-16(10-12-17)15-6-3-2-4-7-15/h2-4,6-7,9-12H,5,8,13H2,1H3,(H,19,21)(H,20,22). The Hall–Kier alpha value is -2.62. The average molecular weight is 296 g/mol. The van der Waals surface area contributed by atoms with E-state index in [9.17, 15) is 9.59 Å². The van der Waals surface area contributed by atoms with E-state index < -0.39 is 0 Å². The van der Waals surface area contributed by atoms with Crippen LogP contribution in [0.5, 0.6) is 0 Å². The molecule has 4 heteroatoms. The summed E-state index contributed by atoms with van der Waals surface area (Å²) < 4.78 is 0. The summed E-state index contributed by atoms with van der Waals surface area (Å²) in [4.78, 5) is 22.5.